The monoisotopic (exact) mass is 373 g/mol. The third-order valence-corrected chi connectivity index (χ3v) is 3.57. The number of hydrogen-bond donors (Lipinski definition) is 0. The fourth-order valence-electron chi connectivity index (χ4n) is 1.79. The van der Waals surface area contributed by atoms with Gasteiger partial charge in [0.25, 0.3) is 5.92 Å². The molecular weight excluding hydrogens is 368 g/mol. The Bertz CT molecular complexity index is 830. The van der Waals surface area contributed by atoms with E-state index in [2.05, 4.69) is 36.0 Å². The molecule has 0 amide bonds. The average Bonchev–Trinajstić information content (AvgIpc) is 2.75. The second kappa shape index (κ2) is 4.96. The lowest BCUT2D eigenvalue weighted by molar-refractivity contribution is 0.0123. The molecule has 3 rings (SSSR count). The van der Waals surface area contributed by atoms with E-state index in [1.165, 1.54) is 17.1 Å². The van der Waals surface area contributed by atoms with Gasteiger partial charge < -0.3 is 0 Å². The quantitative estimate of drug-likeness (QED) is 0.641. The highest BCUT2D eigenvalue weighted by Gasteiger charge is 2.27. The Morgan fingerprint density at radius 1 is 1.29 bits per heavy atom. The Morgan fingerprint density at radius 3 is 2.76 bits per heavy atom. The third kappa shape index (κ3) is 2.60. The molecule has 0 atom stereocenters. The lowest BCUT2D eigenvalue weighted by Gasteiger charge is -2.10. The SMILES string of the molecule is CC(F)(F)c1cncc(-n2nc(Br)c3cnc(Cl)cc32)n1. The van der Waals surface area contributed by atoms with Crippen LogP contribution in [0.2, 0.25) is 5.15 Å². The van der Waals surface area contributed by atoms with E-state index in [0.29, 0.717) is 15.5 Å². The van der Waals surface area contributed by atoms with Gasteiger partial charge in [-0.25, -0.2) is 14.6 Å². The molecule has 5 nitrogen and oxygen atoms in total. The van der Waals surface area contributed by atoms with E-state index in [9.17, 15) is 8.78 Å². The summed E-state index contributed by atoms with van der Waals surface area (Å²) >= 11 is 9.15. The molecule has 0 aromatic carbocycles. The fourth-order valence-corrected chi connectivity index (χ4v) is 2.41. The molecule has 0 aliphatic carbocycles. The number of aromatic nitrogens is 5. The maximum atomic E-state index is 13.4. The number of hydrogen-bond acceptors (Lipinski definition) is 4. The molecule has 0 spiro atoms. The van der Waals surface area contributed by atoms with E-state index in [4.69, 9.17) is 11.6 Å². The van der Waals surface area contributed by atoms with Crippen LogP contribution in [-0.2, 0) is 5.92 Å². The molecule has 21 heavy (non-hydrogen) atoms. The van der Waals surface area contributed by atoms with Crippen molar-refractivity contribution in [3.63, 3.8) is 0 Å². The summed E-state index contributed by atoms with van der Waals surface area (Å²) in [5.41, 5.74) is 0.160. The minimum Gasteiger partial charge on any atom is -0.259 e. The molecule has 0 N–H and O–H groups in total. The van der Waals surface area contributed by atoms with Crippen molar-refractivity contribution in [3.8, 4) is 5.82 Å². The summed E-state index contributed by atoms with van der Waals surface area (Å²) < 4.78 is 28.6. The standard InChI is InChI=1S/C12H7BrClF2N5/c1-12(15,16)8-4-17-5-10(19-8)21-7-2-9(14)18-3-6(7)11(13)20-21/h2-5H,1H3. The number of alkyl halides is 2. The molecule has 3 heterocycles. The summed E-state index contributed by atoms with van der Waals surface area (Å²) in [6, 6.07) is 1.58. The zero-order valence-corrected chi connectivity index (χ0v) is 12.9. The molecule has 0 aliphatic rings. The van der Waals surface area contributed by atoms with E-state index in [1.807, 2.05) is 0 Å². The third-order valence-electron chi connectivity index (χ3n) is 2.78. The zero-order chi connectivity index (χ0) is 15.2. The molecular formula is C12H7BrClF2N5. The van der Waals surface area contributed by atoms with Crippen molar-refractivity contribution >= 4 is 38.4 Å². The van der Waals surface area contributed by atoms with Crippen molar-refractivity contribution < 1.29 is 8.78 Å². The van der Waals surface area contributed by atoms with Crippen LogP contribution in [0.3, 0.4) is 0 Å². The van der Waals surface area contributed by atoms with E-state index in [0.717, 1.165) is 13.1 Å². The molecule has 0 fully saturated rings. The lowest BCUT2D eigenvalue weighted by Crippen LogP contribution is -2.13. The van der Waals surface area contributed by atoms with Gasteiger partial charge in [0.1, 0.15) is 15.5 Å². The van der Waals surface area contributed by atoms with Crippen LogP contribution in [0.15, 0.2) is 29.3 Å². The van der Waals surface area contributed by atoms with Crippen LogP contribution in [0, 0.1) is 0 Å². The van der Waals surface area contributed by atoms with Crippen LogP contribution in [0.1, 0.15) is 12.6 Å². The Labute approximate surface area is 131 Å². The van der Waals surface area contributed by atoms with Gasteiger partial charge in [0.2, 0.25) is 0 Å². The van der Waals surface area contributed by atoms with Gasteiger partial charge in [-0.05, 0) is 15.9 Å². The van der Waals surface area contributed by atoms with Gasteiger partial charge in [-0.1, -0.05) is 11.6 Å². The van der Waals surface area contributed by atoms with Gasteiger partial charge in [0.15, 0.2) is 5.82 Å². The van der Waals surface area contributed by atoms with Crippen molar-refractivity contribution in [1.82, 2.24) is 24.7 Å². The van der Waals surface area contributed by atoms with Crippen molar-refractivity contribution in [2.24, 2.45) is 0 Å². The van der Waals surface area contributed by atoms with Crippen molar-refractivity contribution in [3.05, 3.63) is 40.1 Å². The van der Waals surface area contributed by atoms with E-state index in [-0.39, 0.29) is 11.0 Å². The number of rotatable bonds is 2. The first-order chi connectivity index (χ1) is 9.86. The Kier molecular flexibility index (Phi) is 3.37. The van der Waals surface area contributed by atoms with Gasteiger partial charge in [-0.15, -0.1) is 0 Å². The summed E-state index contributed by atoms with van der Waals surface area (Å²) in [5.74, 6) is -2.91. The molecule has 0 radical (unpaired) electrons. The van der Waals surface area contributed by atoms with Gasteiger partial charge in [0.05, 0.1) is 23.3 Å². The predicted octanol–water partition coefficient (Wildman–Crippen LogP) is 3.74. The van der Waals surface area contributed by atoms with Crippen molar-refractivity contribution in [2.75, 3.05) is 0 Å². The van der Waals surface area contributed by atoms with Crippen LogP contribution < -0.4 is 0 Å². The highest BCUT2D eigenvalue weighted by molar-refractivity contribution is 9.10. The number of nitrogens with zero attached hydrogens (tertiary/aromatic N) is 5. The second-order valence-corrected chi connectivity index (χ2v) is 5.52. The van der Waals surface area contributed by atoms with E-state index < -0.39 is 11.6 Å². The molecule has 3 aromatic rings. The molecule has 0 bridgehead atoms. The van der Waals surface area contributed by atoms with Crippen LogP contribution >= 0.6 is 27.5 Å². The summed E-state index contributed by atoms with van der Waals surface area (Å²) in [5, 5.41) is 5.17. The molecule has 0 saturated carbocycles. The molecule has 3 aromatic heterocycles. The predicted molar refractivity (Wildman–Crippen MR) is 76.7 cm³/mol. The van der Waals surface area contributed by atoms with Crippen LogP contribution in [0.5, 0.6) is 0 Å². The Hall–Kier alpha value is -1.67. The van der Waals surface area contributed by atoms with E-state index in [1.54, 1.807) is 6.07 Å². The summed E-state index contributed by atoms with van der Waals surface area (Å²) in [4.78, 5) is 11.7. The highest BCUT2D eigenvalue weighted by atomic mass is 79.9. The number of fused-ring (bicyclic) bond motifs is 1. The van der Waals surface area contributed by atoms with Crippen molar-refractivity contribution in [2.45, 2.75) is 12.8 Å². The zero-order valence-electron chi connectivity index (χ0n) is 10.6. The van der Waals surface area contributed by atoms with Crippen LogP contribution in [-0.4, -0.2) is 24.7 Å². The summed E-state index contributed by atoms with van der Waals surface area (Å²) in [6.45, 7) is 0.763. The maximum Gasteiger partial charge on any atom is 0.288 e. The normalized spacial score (nSPS) is 12.0. The molecule has 0 saturated heterocycles. The highest BCUT2D eigenvalue weighted by Crippen LogP contribution is 2.28. The van der Waals surface area contributed by atoms with Gasteiger partial charge >= 0.3 is 0 Å². The first kappa shape index (κ1) is 14.3. The number of halogens is 4. The smallest absolute Gasteiger partial charge is 0.259 e. The molecule has 0 aliphatic heterocycles. The first-order valence-corrected chi connectivity index (χ1v) is 6.94. The van der Waals surface area contributed by atoms with Gasteiger partial charge in [-0.2, -0.15) is 13.9 Å². The van der Waals surface area contributed by atoms with Gasteiger partial charge in [0, 0.05) is 19.2 Å². The second-order valence-electron chi connectivity index (χ2n) is 4.38. The Balaban J connectivity index is 2.23. The minimum absolute atomic E-state index is 0.173. The maximum absolute atomic E-state index is 13.4. The average molecular weight is 375 g/mol. The molecule has 108 valence electrons. The van der Waals surface area contributed by atoms with Crippen molar-refractivity contribution in [1.29, 1.82) is 0 Å². The largest absolute Gasteiger partial charge is 0.288 e. The topological polar surface area (TPSA) is 56.5 Å². The minimum atomic E-state index is -3.08. The van der Waals surface area contributed by atoms with E-state index >= 15 is 0 Å². The molecule has 0 unspecified atom stereocenters. The fraction of sp³-hybridized carbons (Fsp3) is 0.167. The summed E-state index contributed by atoms with van der Waals surface area (Å²) in [7, 11) is 0. The lowest BCUT2D eigenvalue weighted by atomic mass is 10.3. The van der Waals surface area contributed by atoms with Crippen LogP contribution in [0.25, 0.3) is 16.7 Å². The summed E-state index contributed by atoms with van der Waals surface area (Å²) in [6.07, 6.45) is 3.91. The van der Waals surface area contributed by atoms with Crippen LogP contribution in [0.4, 0.5) is 8.78 Å². The van der Waals surface area contributed by atoms with Gasteiger partial charge in [-0.3, -0.25) is 4.98 Å². The first-order valence-electron chi connectivity index (χ1n) is 5.77. The number of pyridine rings is 1. The Morgan fingerprint density at radius 2 is 2.05 bits per heavy atom. The molecule has 9 heteroatoms.